The van der Waals surface area contributed by atoms with Crippen molar-refractivity contribution < 1.29 is 13.2 Å². The van der Waals surface area contributed by atoms with Gasteiger partial charge in [0.15, 0.2) is 9.84 Å². The fourth-order valence-electron chi connectivity index (χ4n) is 3.16. The van der Waals surface area contributed by atoms with Crippen molar-refractivity contribution in [3.05, 3.63) is 29.0 Å². The number of hydrogen-bond donors (Lipinski definition) is 0. The number of ether oxygens (including phenoxy) is 1. The van der Waals surface area contributed by atoms with Crippen molar-refractivity contribution >= 4 is 21.4 Å². The van der Waals surface area contributed by atoms with E-state index in [9.17, 15) is 8.42 Å². The maximum Gasteiger partial charge on any atom is 0.151 e. The molecule has 2 aliphatic rings. The molecular weight excluding hydrogens is 324 g/mol. The number of pyridine rings is 1. The van der Waals surface area contributed by atoms with Crippen molar-refractivity contribution in [1.29, 1.82) is 0 Å². The van der Waals surface area contributed by atoms with Gasteiger partial charge in [0, 0.05) is 31.9 Å². The quantitative estimate of drug-likeness (QED) is 0.816. The van der Waals surface area contributed by atoms with Crippen LogP contribution < -0.4 is 0 Å². The van der Waals surface area contributed by atoms with Gasteiger partial charge in [-0.25, -0.2) is 8.42 Å². The van der Waals surface area contributed by atoms with Gasteiger partial charge in [0.25, 0.3) is 0 Å². The first-order valence-corrected chi connectivity index (χ1v) is 9.88. The lowest BCUT2D eigenvalue weighted by Gasteiger charge is -2.29. The summed E-state index contributed by atoms with van der Waals surface area (Å²) >= 11 is 5.87. The number of halogens is 1. The van der Waals surface area contributed by atoms with Gasteiger partial charge >= 0.3 is 0 Å². The molecule has 2 atom stereocenters. The normalized spacial score (nSPS) is 27.5. The van der Waals surface area contributed by atoms with Crippen molar-refractivity contribution in [1.82, 2.24) is 9.88 Å². The molecule has 0 aromatic carbocycles. The third-order valence-electron chi connectivity index (χ3n) is 4.34. The number of nitrogens with zero attached hydrogens (tertiary/aromatic N) is 2. The first-order valence-electron chi connectivity index (χ1n) is 7.68. The summed E-state index contributed by atoms with van der Waals surface area (Å²) in [6, 6.07) is 3.78. The largest absolute Gasteiger partial charge is 0.377 e. The molecule has 3 rings (SSSR count). The third-order valence-corrected chi connectivity index (χ3v) is 6.31. The van der Waals surface area contributed by atoms with Crippen molar-refractivity contribution in [2.24, 2.45) is 0 Å². The zero-order chi connectivity index (χ0) is 15.6. The average molecular weight is 345 g/mol. The van der Waals surface area contributed by atoms with Gasteiger partial charge in [-0.1, -0.05) is 11.6 Å². The van der Waals surface area contributed by atoms with Crippen molar-refractivity contribution in [2.75, 3.05) is 24.7 Å². The maximum absolute atomic E-state index is 11.8. The van der Waals surface area contributed by atoms with Gasteiger partial charge in [-0.05, 0) is 31.4 Å². The van der Waals surface area contributed by atoms with E-state index in [0.717, 1.165) is 31.7 Å². The number of rotatable bonds is 5. The monoisotopic (exact) mass is 344 g/mol. The zero-order valence-electron chi connectivity index (χ0n) is 12.4. The summed E-state index contributed by atoms with van der Waals surface area (Å²) in [6.07, 6.45) is 4.66. The topological polar surface area (TPSA) is 59.5 Å². The summed E-state index contributed by atoms with van der Waals surface area (Å²) in [5.41, 5.74) is 0.909. The predicted octanol–water partition coefficient (Wildman–Crippen LogP) is 1.90. The van der Waals surface area contributed by atoms with Gasteiger partial charge in [0.05, 0.1) is 28.3 Å². The second-order valence-electron chi connectivity index (χ2n) is 6.09. The maximum atomic E-state index is 11.8. The molecule has 2 aliphatic heterocycles. The van der Waals surface area contributed by atoms with Gasteiger partial charge in [-0.3, -0.25) is 9.88 Å². The predicted molar refractivity (Wildman–Crippen MR) is 85.7 cm³/mol. The molecule has 7 heteroatoms. The Hall–Kier alpha value is -0.690. The average Bonchev–Trinajstić information content (AvgIpc) is 3.10. The molecule has 0 radical (unpaired) electrons. The summed E-state index contributed by atoms with van der Waals surface area (Å²) in [5.74, 6) is 0.529. The lowest BCUT2D eigenvalue weighted by molar-refractivity contribution is 0.0569. The number of sulfone groups is 1. The minimum absolute atomic E-state index is 0.0617. The SMILES string of the molecule is O=S1(=O)CC[C@@H](N(Cc2ccc(Cl)cn2)C[C@@H]2CCCO2)C1. The summed E-state index contributed by atoms with van der Waals surface area (Å²) < 4.78 is 29.3. The first kappa shape index (κ1) is 16.2. The highest BCUT2D eigenvalue weighted by molar-refractivity contribution is 7.91. The van der Waals surface area contributed by atoms with E-state index < -0.39 is 9.84 Å². The van der Waals surface area contributed by atoms with E-state index >= 15 is 0 Å². The van der Waals surface area contributed by atoms with E-state index in [2.05, 4.69) is 9.88 Å². The molecule has 1 aromatic rings. The minimum atomic E-state index is -2.90. The second-order valence-corrected chi connectivity index (χ2v) is 8.75. The molecule has 0 bridgehead atoms. The molecule has 0 saturated carbocycles. The van der Waals surface area contributed by atoms with Crippen LogP contribution >= 0.6 is 11.6 Å². The lowest BCUT2D eigenvalue weighted by atomic mass is 10.1. The second kappa shape index (κ2) is 6.83. The van der Waals surface area contributed by atoms with Gasteiger partial charge < -0.3 is 4.74 Å². The molecule has 0 N–H and O–H groups in total. The fraction of sp³-hybridized carbons (Fsp3) is 0.667. The summed E-state index contributed by atoms with van der Waals surface area (Å²) in [6.45, 7) is 2.21. The molecule has 0 spiro atoms. The summed E-state index contributed by atoms with van der Waals surface area (Å²) in [5, 5.41) is 0.609. The van der Waals surface area contributed by atoms with E-state index in [1.54, 1.807) is 6.20 Å². The minimum Gasteiger partial charge on any atom is -0.377 e. The molecule has 5 nitrogen and oxygen atoms in total. The van der Waals surface area contributed by atoms with Crippen LogP contribution in [0.5, 0.6) is 0 Å². The van der Waals surface area contributed by atoms with Crippen LogP contribution in [-0.2, 0) is 21.1 Å². The number of aromatic nitrogens is 1. The Morgan fingerprint density at radius 2 is 2.23 bits per heavy atom. The Morgan fingerprint density at radius 3 is 2.82 bits per heavy atom. The van der Waals surface area contributed by atoms with E-state index in [1.807, 2.05) is 12.1 Å². The molecule has 1 aromatic heterocycles. The van der Waals surface area contributed by atoms with E-state index in [4.69, 9.17) is 16.3 Å². The third kappa shape index (κ3) is 4.19. The Balaban J connectivity index is 1.71. The van der Waals surface area contributed by atoms with Crippen molar-refractivity contribution in [2.45, 2.75) is 38.0 Å². The van der Waals surface area contributed by atoms with Crippen LogP contribution in [0.15, 0.2) is 18.3 Å². The van der Waals surface area contributed by atoms with Crippen LogP contribution in [0.4, 0.5) is 0 Å². The Morgan fingerprint density at radius 1 is 1.36 bits per heavy atom. The van der Waals surface area contributed by atoms with Crippen LogP contribution in [0.1, 0.15) is 25.0 Å². The number of hydrogen-bond acceptors (Lipinski definition) is 5. The fourth-order valence-corrected chi connectivity index (χ4v) is 5.04. The molecule has 3 heterocycles. The molecule has 0 amide bonds. The van der Waals surface area contributed by atoms with Crippen LogP contribution in [-0.4, -0.2) is 55.1 Å². The van der Waals surface area contributed by atoms with E-state index in [-0.39, 0.29) is 23.7 Å². The molecular formula is C15H21ClN2O3S. The summed E-state index contributed by atoms with van der Waals surface area (Å²) in [4.78, 5) is 6.56. The standard InChI is InChI=1S/C15H21ClN2O3S/c16-12-3-4-13(17-8-12)9-18(10-15-2-1-6-21-15)14-5-7-22(19,20)11-14/h3-4,8,14-15H,1-2,5-7,9-11H2/t14-,15+/m1/s1. The van der Waals surface area contributed by atoms with Crippen molar-refractivity contribution in [3.8, 4) is 0 Å². The van der Waals surface area contributed by atoms with Crippen molar-refractivity contribution in [3.63, 3.8) is 0 Å². The van der Waals surface area contributed by atoms with Gasteiger partial charge in [0.1, 0.15) is 0 Å². The highest BCUT2D eigenvalue weighted by atomic mass is 35.5. The van der Waals surface area contributed by atoms with Gasteiger partial charge in [0.2, 0.25) is 0 Å². The van der Waals surface area contributed by atoms with Crippen LogP contribution in [0.2, 0.25) is 5.02 Å². The summed E-state index contributed by atoms with van der Waals surface area (Å²) in [7, 11) is -2.90. The van der Waals surface area contributed by atoms with Crippen LogP contribution in [0, 0.1) is 0 Å². The zero-order valence-corrected chi connectivity index (χ0v) is 14.0. The Bertz CT molecular complexity index is 600. The molecule has 2 fully saturated rings. The first-order chi connectivity index (χ1) is 10.5. The molecule has 2 saturated heterocycles. The van der Waals surface area contributed by atoms with E-state index in [0.29, 0.717) is 18.0 Å². The highest BCUT2D eigenvalue weighted by Gasteiger charge is 2.34. The molecule has 0 unspecified atom stereocenters. The smallest absolute Gasteiger partial charge is 0.151 e. The van der Waals surface area contributed by atoms with E-state index in [1.165, 1.54) is 0 Å². The molecule has 0 aliphatic carbocycles. The Labute approximate surface area is 136 Å². The van der Waals surface area contributed by atoms with Gasteiger partial charge in [-0.15, -0.1) is 0 Å². The Kier molecular flexibility index (Phi) is 5.02. The highest BCUT2D eigenvalue weighted by Crippen LogP contribution is 2.23. The van der Waals surface area contributed by atoms with Gasteiger partial charge in [-0.2, -0.15) is 0 Å². The lowest BCUT2D eigenvalue weighted by Crippen LogP contribution is -2.40. The molecule has 22 heavy (non-hydrogen) atoms. The molecule has 122 valence electrons. The van der Waals surface area contributed by atoms with Crippen LogP contribution in [0.25, 0.3) is 0 Å². The van der Waals surface area contributed by atoms with Crippen LogP contribution in [0.3, 0.4) is 0 Å².